The van der Waals surface area contributed by atoms with Crippen LogP contribution in [-0.4, -0.2) is 0 Å². The fourth-order valence-electron chi connectivity index (χ4n) is 10.3. The topological polar surface area (TPSA) is 16.4 Å². The van der Waals surface area contributed by atoms with Crippen molar-refractivity contribution in [1.82, 2.24) is 0 Å². The molecule has 3 aliphatic carbocycles. The third-order valence-corrected chi connectivity index (χ3v) is 12.9. The number of benzene rings is 7. The molecule has 0 bridgehead atoms. The first kappa shape index (κ1) is 32.1. The van der Waals surface area contributed by atoms with Gasteiger partial charge in [-0.1, -0.05) is 159 Å². The molecule has 55 heavy (non-hydrogen) atoms. The maximum atomic E-state index is 6.57. The summed E-state index contributed by atoms with van der Waals surface area (Å²) in [6, 6.07) is 60.7. The zero-order chi connectivity index (χ0) is 36.9. The van der Waals surface area contributed by atoms with Crippen molar-refractivity contribution >= 4 is 28.4 Å². The van der Waals surface area contributed by atoms with E-state index in [4.69, 9.17) is 4.42 Å². The Morgan fingerprint density at radius 2 is 1.20 bits per heavy atom. The number of hydrogen-bond donors (Lipinski definition) is 0. The van der Waals surface area contributed by atoms with Crippen LogP contribution < -0.4 is 4.90 Å². The van der Waals surface area contributed by atoms with Crippen LogP contribution in [0.2, 0.25) is 0 Å². The molecular formula is C53H41NO. The van der Waals surface area contributed by atoms with Crippen LogP contribution in [0.1, 0.15) is 72.4 Å². The minimum absolute atomic E-state index is 0.00454. The van der Waals surface area contributed by atoms with E-state index in [1.165, 1.54) is 83.5 Å². The Bertz CT molecular complexity index is 2860. The molecule has 0 fully saturated rings. The molecule has 2 atom stereocenters. The van der Waals surface area contributed by atoms with Gasteiger partial charge in [0.25, 0.3) is 0 Å². The van der Waals surface area contributed by atoms with Gasteiger partial charge in [0.2, 0.25) is 0 Å². The zero-order valence-corrected chi connectivity index (χ0v) is 31.4. The zero-order valence-electron chi connectivity index (χ0n) is 31.4. The van der Waals surface area contributed by atoms with Gasteiger partial charge in [0.05, 0.1) is 6.04 Å². The quantitative estimate of drug-likeness (QED) is 0.177. The summed E-state index contributed by atoms with van der Waals surface area (Å²) in [4.78, 5) is 2.62. The highest BCUT2D eigenvalue weighted by Gasteiger charge is 2.42. The summed E-state index contributed by atoms with van der Waals surface area (Å²) >= 11 is 0. The molecule has 0 amide bonds. The van der Waals surface area contributed by atoms with Gasteiger partial charge in [-0.15, -0.1) is 0 Å². The highest BCUT2D eigenvalue weighted by molar-refractivity contribution is 5.98. The summed E-state index contributed by atoms with van der Waals surface area (Å²) < 4.78 is 6.57. The second-order valence-corrected chi connectivity index (χ2v) is 16.1. The minimum Gasteiger partial charge on any atom is -0.456 e. The predicted octanol–water partition coefficient (Wildman–Crippen LogP) is 14.0. The number of anilines is 2. The van der Waals surface area contributed by atoms with Gasteiger partial charge in [-0.3, -0.25) is 0 Å². The van der Waals surface area contributed by atoms with Gasteiger partial charge < -0.3 is 9.32 Å². The van der Waals surface area contributed by atoms with E-state index in [0.29, 0.717) is 0 Å². The maximum absolute atomic E-state index is 6.57. The molecule has 8 aromatic rings. The second kappa shape index (κ2) is 11.8. The van der Waals surface area contributed by atoms with Gasteiger partial charge in [0.15, 0.2) is 0 Å². The Morgan fingerprint density at radius 1 is 0.545 bits per heavy atom. The van der Waals surface area contributed by atoms with E-state index < -0.39 is 0 Å². The van der Waals surface area contributed by atoms with Crippen LogP contribution in [-0.2, 0) is 10.8 Å². The molecule has 264 valence electrons. The Labute approximate surface area is 323 Å². The number of para-hydroxylation sites is 2. The Balaban J connectivity index is 1.18. The molecule has 0 saturated heterocycles. The van der Waals surface area contributed by atoms with Crippen LogP contribution in [0.15, 0.2) is 174 Å². The molecular weight excluding hydrogens is 667 g/mol. The lowest BCUT2D eigenvalue weighted by molar-refractivity contribution is 0.580. The number of furan rings is 1. The maximum Gasteiger partial charge on any atom is 0.135 e. The number of fused-ring (bicyclic) bond motifs is 9. The molecule has 2 unspecified atom stereocenters. The van der Waals surface area contributed by atoms with E-state index >= 15 is 0 Å². The van der Waals surface area contributed by atoms with Crippen molar-refractivity contribution in [2.24, 2.45) is 0 Å². The Morgan fingerprint density at radius 3 is 2.05 bits per heavy atom. The van der Waals surface area contributed by atoms with Crippen LogP contribution in [0.25, 0.3) is 50.4 Å². The summed E-state index contributed by atoms with van der Waals surface area (Å²) in [6.07, 6.45) is 5.31. The van der Waals surface area contributed by atoms with Crippen LogP contribution in [0, 0.1) is 0 Å². The van der Waals surface area contributed by atoms with Gasteiger partial charge in [-0.05, 0) is 99.3 Å². The third kappa shape index (κ3) is 4.49. The normalized spacial score (nSPS) is 18.3. The van der Waals surface area contributed by atoms with Crippen molar-refractivity contribution in [3.8, 4) is 33.4 Å². The van der Waals surface area contributed by atoms with Gasteiger partial charge in [-0.2, -0.15) is 0 Å². The minimum atomic E-state index is -0.316. The monoisotopic (exact) mass is 707 g/mol. The SMILES string of the molecule is CC1(C)c2ccccc2-c2c(-c3ccccc3N(c3ccc4c(c3)C(C)(c3ccccc3)c3ccccc3-4)C3CC=Cc4oc5ccccc5c43)cccc21. The average molecular weight is 708 g/mol. The summed E-state index contributed by atoms with van der Waals surface area (Å²) in [5.74, 6) is 0.943. The predicted molar refractivity (Wildman–Crippen MR) is 228 cm³/mol. The third-order valence-electron chi connectivity index (χ3n) is 12.9. The summed E-state index contributed by atoms with van der Waals surface area (Å²) in [5, 5.41) is 1.17. The standard InChI is InChI=1S/C53H41NO/c1-52(2)42-24-11-8-21-40(42)50-39(23-15-26-44(50)52)38-20-9-13-27-46(38)54(47-28-16-30-49-51(47)41-22-10-14-29-48(41)55-49)35-31-32-37-36-19-7-12-25-43(36)53(3,45(37)33-35)34-17-5-4-6-18-34/h4-27,29-33,47H,28H2,1-3H3. The summed E-state index contributed by atoms with van der Waals surface area (Å²) in [7, 11) is 0. The van der Waals surface area contributed by atoms with E-state index in [2.05, 4.69) is 202 Å². The molecule has 0 N–H and O–H groups in total. The Kier molecular flexibility index (Phi) is 6.89. The Hall–Kier alpha value is -6.38. The fourth-order valence-corrected chi connectivity index (χ4v) is 10.3. The average Bonchev–Trinajstić information content (AvgIpc) is 3.83. The highest BCUT2D eigenvalue weighted by atomic mass is 16.3. The number of rotatable bonds is 5. The van der Waals surface area contributed by atoms with Gasteiger partial charge >= 0.3 is 0 Å². The van der Waals surface area contributed by atoms with Crippen molar-refractivity contribution < 1.29 is 4.42 Å². The molecule has 1 heterocycles. The van der Waals surface area contributed by atoms with Crippen molar-refractivity contribution in [3.05, 3.63) is 209 Å². The lowest BCUT2D eigenvalue weighted by atomic mass is 9.74. The first-order valence-electron chi connectivity index (χ1n) is 19.5. The van der Waals surface area contributed by atoms with Crippen LogP contribution in [0.3, 0.4) is 0 Å². The molecule has 2 nitrogen and oxygen atoms in total. The van der Waals surface area contributed by atoms with Gasteiger partial charge in [0, 0.05) is 38.7 Å². The molecule has 2 heteroatoms. The highest BCUT2D eigenvalue weighted by Crippen LogP contribution is 2.57. The smallest absolute Gasteiger partial charge is 0.135 e. The van der Waals surface area contributed by atoms with E-state index in [1.54, 1.807) is 0 Å². The van der Waals surface area contributed by atoms with E-state index in [-0.39, 0.29) is 16.9 Å². The van der Waals surface area contributed by atoms with Crippen LogP contribution >= 0.6 is 0 Å². The molecule has 11 rings (SSSR count). The molecule has 0 saturated carbocycles. The molecule has 0 aliphatic heterocycles. The van der Waals surface area contributed by atoms with Crippen molar-refractivity contribution in [2.45, 2.75) is 44.1 Å². The van der Waals surface area contributed by atoms with Crippen molar-refractivity contribution in [3.63, 3.8) is 0 Å². The first-order valence-corrected chi connectivity index (χ1v) is 19.5. The summed E-state index contributed by atoms with van der Waals surface area (Å²) in [6.45, 7) is 7.14. The van der Waals surface area contributed by atoms with E-state index in [9.17, 15) is 0 Å². The first-order chi connectivity index (χ1) is 26.9. The van der Waals surface area contributed by atoms with Gasteiger partial charge in [-0.25, -0.2) is 0 Å². The summed E-state index contributed by atoms with van der Waals surface area (Å²) in [5.41, 5.74) is 18.7. The van der Waals surface area contributed by atoms with Crippen molar-refractivity contribution in [2.75, 3.05) is 4.90 Å². The molecule has 0 radical (unpaired) electrons. The number of nitrogens with zero attached hydrogens (tertiary/aromatic N) is 1. The number of hydrogen-bond acceptors (Lipinski definition) is 2. The molecule has 3 aliphatic rings. The largest absolute Gasteiger partial charge is 0.456 e. The molecule has 1 aromatic heterocycles. The van der Waals surface area contributed by atoms with E-state index in [0.717, 1.165) is 17.8 Å². The van der Waals surface area contributed by atoms with Crippen LogP contribution in [0.4, 0.5) is 11.4 Å². The van der Waals surface area contributed by atoms with Crippen LogP contribution in [0.5, 0.6) is 0 Å². The molecule has 7 aromatic carbocycles. The van der Waals surface area contributed by atoms with Gasteiger partial charge in [0.1, 0.15) is 11.3 Å². The lowest BCUT2D eigenvalue weighted by Gasteiger charge is -2.37. The second-order valence-electron chi connectivity index (χ2n) is 16.1. The van der Waals surface area contributed by atoms with E-state index in [1.807, 2.05) is 0 Å². The molecule has 0 spiro atoms. The lowest BCUT2D eigenvalue weighted by Crippen LogP contribution is -2.27. The van der Waals surface area contributed by atoms with Crippen molar-refractivity contribution in [1.29, 1.82) is 0 Å². The fraction of sp³-hybridized carbons (Fsp3) is 0.132.